The number of amides is 1. The van der Waals surface area contributed by atoms with Gasteiger partial charge in [0, 0.05) is 5.38 Å². The van der Waals surface area contributed by atoms with Crippen molar-refractivity contribution in [3.05, 3.63) is 47.6 Å². The van der Waals surface area contributed by atoms with Crippen LogP contribution in [-0.2, 0) is 11.3 Å². The van der Waals surface area contributed by atoms with E-state index in [1.54, 1.807) is 42.6 Å². The minimum atomic E-state index is -4.40. The molecule has 0 radical (unpaired) electrons. The van der Waals surface area contributed by atoms with Gasteiger partial charge in [0.05, 0.1) is 23.3 Å². The number of anilines is 1. The van der Waals surface area contributed by atoms with Gasteiger partial charge in [-0.3, -0.25) is 4.79 Å². The molecule has 5 nitrogen and oxygen atoms in total. The van der Waals surface area contributed by atoms with Gasteiger partial charge in [-0.1, -0.05) is 42.1 Å². The minimum Gasteiger partial charge on any atom is -0.310 e. The van der Waals surface area contributed by atoms with Gasteiger partial charge in [-0.25, -0.2) is 9.97 Å². The maximum Gasteiger partial charge on any atom is 0.406 e. The molecule has 0 bridgehead atoms. The van der Waals surface area contributed by atoms with Crippen molar-refractivity contribution in [1.29, 1.82) is 0 Å². The molecule has 0 aliphatic heterocycles. The number of hydrogen-bond donors (Lipinski definition) is 1. The maximum absolute atomic E-state index is 13.0. The van der Waals surface area contributed by atoms with Crippen LogP contribution in [0.3, 0.4) is 0 Å². The summed E-state index contributed by atoms with van der Waals surface area (Å²) in [6.07, 6.45) is -3.01. The molecule has 142 valence electrons. The zero-order valence-electron chi connectivity index (χ0n) is 14.2. The van der Waals surface area contributed by atoms with Crippen molar-refractivity contribution in [2.45, 2.75) is 24.8 Å². The van der Waals surface area contributed by atoms with E-state index in [2.05, 4.69) is 15.3 Å². The SMILES string of the molecule is Cc1csc(NC(=O)CSc2ncc(-c3ccccc3)n2CC(F)(F)F)n1. The highest BCUT2D eigenvalue weighted by Crippen LogP contribution is 2.30. The summed E-state index contributed by atoms with van der Waals surface area (Å²) >= 11 is 2.24. The Hall–Kier alpha value is -2.33. The molecule has 0 fully saturated rings. The molecule has 0 aliphatic rings. The van der Waals surface area contributed by atoms with Crippen molar-refractivity contribution in [1.82, 2.24) is 14.5 Å². The molecule has 1 N–H and O–H groups in total. The third kappa shape index (κ3) is 5.33. The Balaban J connectivity index is 1.76. The van der Waals surface area contributed by atoms with E-state index in [0.29, 0.717) is 16.4 Å². The van der Waals surface area contributed by atoms with E-state index in [1.807, 2.05) is 0 Å². The zero-order valence-corrected chi connectivity index (χ0v) is 15.8. The second kappa shape index (κ2) is 8.13. The third-order valence-corrected chi connectivity index (χ3v) is 5.29. The summed E-state index contributed by atoms with van der Waals surface area (Å²) in [7, 11) is 0. The largest absolute Gasteiger partial charge is 0.406 e. The molecule has 27 heavy (non-hydrogen) atoms. The molecule has 0 aliphatic carbocycles. The van der Waals surface area contributed by atoms with Gasteiger partial charge < -0.3 is 9.88 Å². The summed E-state index contributed by atoms with van der Waals surface area (Å²) in [5, 5.41) is 5.02. The molecule has 3 aromatic rings. The van der Waals surface area contributed by atoms with Crippen molar-refractivity contribution in [3.8, 4) is 11.3 Å². The number of aryl methyl sites for hydroxylation is 1. The number of nitrogens with zero attached hydrogens (tertiary/aromatic N) is 3. The molecular weight excluding hydrogens is 397 g/mol. The predicted molar refractivity (Wildman–Crippen MR) is 99.9 cm³/mol. The fourth-order valence-corrected chi connectivity index (χ4v) is 3.82. The fraction of sp³-hybridized carbons (Fsp3) is 0.235. The molecule has 2 aromatic heterocycles. The number of rotatable bonds is 6. The van der Waals surface area contributed by atoms with E-state index in [0.717, 1.165) is 22.0 Å². The number of thioether (sulfide) groups is 1. The molecule has 2 heterocycles. The lowest BCUT2D eigenvalue weighted by Gasteiger charge is -2.14. The number of aromatic nitrogens is 3. The highest BCUT2D eigenvalue weighted by molar-refractivity contribution is 7.99. The number of carbonyl (C=O) groups is 1. The van der Waals surface area contributed by atoms with Crippen molar-refractivity contribution in [3.63, 3.8) is 0 Å². The summed E-state index contributed by atoms with van der Waals surface area (Å²) in [5.41, 5.74) is 1.77. The highest BCUT2D eigenvalue weighted by Gasteiger charge is 2.31. The van der Waals surface area contributed by atoms with Crippen molar-refractivity contribution >= 4 is 34.1 Å². The molecular formula is C17H15F3N4OS2. The number of alkyl halides is 3. The van der Waals surface area contributed by atoms with Crippen LogP contribution in [0.1, 0.15) is 5.69 Å². The lowest BCUT2D eigenvalue weighted by Crippen LogP contribution is -2.20. The standard InChI is InChI=1S/C17H15F3N4OS2/c1-11-8-26-15(22-11)23-14(25)9-27-16-21-7-13(12-5-3-2-4-6-12)24(16)10-17(18,19)20/h2-8H,9-10H2,1H3,(H,22,23,25). The van der Waals surface area contributed by atoms with Crippen LogP contribution in [-0.4, -0.2) is 32.4 Å². The minimum absolute atomic E-state index is 0.0677. The fourth-order valence-electron chi connectivity index (χ4n) is 2.34. The van der Waals surface area contributed by atoms with Crippen molar-refractivity contribution in [2.24, 2.45) is 0 Å². The van der Waals surface area contributed by atoms with Crippen molar-refractivity contribution < 1.29 is 18.0 Å². The van der Waals surface area contributed by atoms with Gasteiger partial charge in [0.15, 0.2) is 10.3 Å². The smallest absolute Gasteiger partial charge is 0.310 e. The number of nitrogens with one attached hydrogen (secondary N) is 1. The van der Waals surface area contributed by atoms with Gasteiger partial charge in [-0.05, 0) is 12.5 Å². The first-order chi connectivity index (χ1) is 12.8. The van der Waals surface area contributed by atoms with Crippen LogP contribution in [0.2, 0.25) is 0 Å². The van der Waals surface area contributed by atoms with Crippen LogP contribution in [0.5, 0.6) is 0 Å². The number of hydrogen-bond acceptors (Lipinski definition) is 5. The van der Waals surface area contributed by atoms with Gasteiger partial charge >= 0.3 is 6.18 Å². The maximum atomic E-state index is 13.0. The number of halogens is 3. The Morgan fingerprint density at radius 1 is 1.30 bits per heavy atom. The number of benzene rings is 1. The van der Waals surface area contributed by atoms with Gasteiger partial charge in [0.2, 0.25) is 5.91 Å². The average Bonchev–Trinajstić information content (AvgIpc) is 3.18. The number of carbonyl (C=O) groups excluding carboxylic acids is 1. The first-order valence-corrected chi connectivity index (χ1v) is 9.71. The number of thiazole rings is 1. The van der Waals surface area contributed by atoms with Gasteiger partial charge in [-0.2, -0.15) is 13.2 Å². The molecule has 0 atom stereocenters. The van der Waals surface area contributed by atoms with Crippen LogP contribution in [0, 0.1) is 6.92 Å². The summed E-state index contributed by atoms with van der Waals surface area (Å²) in [6.45, 7) is 0.632. The molecule has 0 unspecified atom stereocenters. The zero-order chi connectivity index (χ0) is 19.4. The predicted octanol–water partition coefficient (Wildman–Crippen LogP) is 4.61. The summed E-state index contributed by atoms with van der Waals surface area (Å²) in [4.78, 5) is 20.3. The second-order valence-electron chi connectivity index (χ2n) is 5.62. The van der Waals surface area contributed by atoms with Crippen LogP contribution in [0.4, 0.5) is 18.3 Å². The van der Waals surface area contributed by atoms with E-state index in [-0.39, 0.29) is 16.8 Å². The van der Waals surface area contributed by atoms with Crippen molar-refractivity contribution in [2.75, 3.05) is 11.1 Å². The second-order valence-corrected chi connectivity index (χ2v) is 7.42. The first-order valence-electron chi connectivity index (χ1n) is 7.84. The van der Waals surface area contributed by atoms with E-state index >= 15 is 0 Å². The van der Waals surface area contributed by atoms with Crippen LogP contribution >= 0.6 is 23.1 Å². The molecule has 10 heteroatoms. The molecule has 1 amide bonds. The Bertz CT molecular complexity index is 922. The summed E-state index contributed by atoms with van der Waals surface area (Å²) < 4.78 is 40.2. The van der Waals surface area contributed by atoms with Gasteiger partial charge in [-0.15, -0.1) is 11.3 Å². The average molecular weight is 412 g/mol. The first kappa shape index (κ1) is 19.4. The monoisotopic (exact) mass is 412 g/mol. The Morgan fingerprint density at radius 2 is 2.04 bits per heavy atom. The third-order valence-electron chi connectivity index (χ3n) is 3.42. The number of imidazole rings is 1. The molecule has 0 saturated carbocycles. The lowest BCUT2D eigenvalue weighted by atomic mass is 10.2. The summed E-state index contributed by atoms with van der Waals surface area (Å²) in [6, 6.07) is 8.72. The molecule has 1 aromatic carbocycles. The normalized spacial score (nSPS) is 11.6. The Kier molecular flexibility index (Phi) is 5.85. The highest BCUT2D eigenvalue weighted by atomic mass is 32.2. The van der Waals surface area contributed by atoms with Crippen LogP contribution < -0.4 is 5.32 Å². The topological polar surface area (TPSA) is 59.8 Å². The van der Waals surface area contributed by atoms with E-state index in [9.17, 15) is 18.0 Å². The van der Waals surface area contributed by atoms with E-state index in [4.69, 9.17) is 0 Å². The quantitative estimate of drug-likeness (QED) is 0.601. The molecule has 3 rings (SSSR count). The van der Waals surface area contributed by atoms with E-state index < -0.39 is 12.7 Å². The molecule has 0 saturated heterocycles. The van der Waals surface area contributed by atoms with Crippen LogP contribution in [0.25, 0.3) is 11.3 Å². The van der Waals surface area contributed by atoms with E-state index in [1.165, 1.54) is 17.5 Å². The summed E-state index contributed by atoms with van der Waals surface area (Å²) in [5.74, 6) is -0.418. The van der Waals surface area contributed by atoms with Crippen LogP contribution in [0.15, 0.2) is 47.1 Å². The molecule has 0 spiro atoms. The Labute approximate surface area is 161 Å². The van der Waals surface area contributed by atoms with Gasteiger partial charge in [0.25, 0.3) is 0 Å². The van der Waals surface area contributed by atoms with Gasteiger partial charge in [0.1, 0.15) is 6.54 Å². The lowest BCUT2D eigenvalue weighted by molar-refractivity contribution is -0.141. The Morgan fingerprint density at radius 3 is 2.67 bits per heavy atom.